The van der Waals surface area contributed by atoms with Crippen molar-refractivity contribution in [3.63, 3.8) is 0 Å². The number of aliphatic hydroxyl groups excluding tert-OH is 1. The Kier molecular flexibility index (Phi) is 5.94. The van der Waals surface area contributed by atoms with Gasteiger partial charge in [-0.2, -0.15) is 0 Å². The van der Waals surface area contributed by atoms with Crippen molar-refractivity contribution in [2.24, 2.45) is 0 Å². The van der Waals surface area contributed by atoms with E-state index in [1.54, 1.807) is 0 Å². The number of rotatable bonds is 5. The van der Waals surface area contributed by atoms with E-state index in [1.165, 1.54) is 5.56 Å². The molecule has 0 radical (unpaired) electrons. The quantitative estimate of drug-likeness (QED) is 0.753. The van der Waals surface area contributed by atoms with E-state index in [1.807, 2.05) is 36.1 Å². The van der Waals surface area contributed by atoms with Crippen LogP contribution in [0.5, 0.6) is 0 Å². The predicted octanol–water partition coefficient (Wildman–Crippen LogP) is 0.821. The Labute approximate surface area is 131 Å². The molecular weight excluding hydrogens is 280 g/mol. The molecule has 0 aliphatic carbocycles. The molecule has 0 bridgehead atoms. The average molecular weight is 306 g/mol. The first-order chi connectivity index (χ1) is 10.5. The zero-order chi connectivity index (χ0) is 16.0. The minimum Gasteiger partial charge on any atom is -0.393 e. The Hall–Kier alpha value is -1.43. The fourth-order valence-corrected chi connectivity index (χ4v) is 2.81. The lowest BCUT2D eigenvalue weighted by atomic mass is 9.96. The van der Waals surface area contributed by atoms with Crippen molar-refractivity contribution in [2.45, 2.75) is 38.3 Å². The van der Waals surface area contributed by atoms with Crippen molar-refractivity contribution in [3.8, 4) is 0 Å². The summed E-state index contributed by atoms with van der Waals surface area (Å²) >= 11 is 0. The van der Waals surface area contributed by atoms with E-state index in [0.29, 0.717) is 32.5 Å². The minimum absolute atomic E-state index is 0.00214. The number of amides is 1. The highest BCUT2D eigenvalue weighted by Gasteiger charge is 2.29. The normalized spacial score (nSPS) is 23.0. The molecule has 1 aromatic carbocycles. The van der Waals surface area contributed by atoms with Crippen molar-refractivity contribution >= 4 is 5.91 Å². The first kappa shape index (κ1) is 16.9. The van der Waals surface area contributed by atoms with Gasteiger partial charge in [0.2, 0.25) is 5.91 Å². The van der Waals surface area contributed by atoms with Crippen LogP contribution in [0.15, 0.2) is 24.3 Å². The molecule has 1 aliphatic heterocycles. The smallest absolute Gasteiger partial charge is 0.234 e. The maximum Gasteiger partial charge on any atom is 0.234 e. The highest BCUT2D eigenvalue weighted by Crippen LogP contribution is 2.21. The number of carbonyl (C=O) groups excluding carboxylic acids is 1. The lowest BCUT2D eigenvalue weighted by molar-refractivity contribution is -0.122. The summed E-state index contributed by atoms with van der Waals surface area (Å²) in [5, 5.41) is 22.3. The third kappa shape index (κ3) is 4.80. The van der Waals surface area contributed by atoms with E-state index < -0.39 is 5.60 Å². The topological polar surface area (TPSA) is 72.8 Å². The molecule has 1 atom stereocenters. The van der Waals surface area contributed by atoms with Gasteiger partial charge in [0, 0.05) is 13.1 Å². The van der Waals surface area contributed by atoms with Crippen LogP contribution in [0.1, 0.15) is 30.4 Å². The van der Waals surface area contributed by atoms with Gasteiger partial charge >= 0.3 is 0 Å². The number of nitrogens with one attached hydrogen (secondary N) is 1. The number of benzene rings is 1. The molecule has 22 heavy (non-hydrogen) atoms. The summed E-state index contributed by atoms with van der Waals surface area (Å²) in [6.45, 7) is 4.12. The molecule has 1 aromatic rings. The standard InChI is InChI=1S/C17H26N2O3/c1-14-5-2-3-6-15(14)11-18-16(21)12-19-9-4-7-17(22,13-20)8-10-19/h2-3,5-6,20,22H,4,7-13H2,1H3,(H,18,21). The number of aryl methyl sites for hydroxylation is 1. The number of hydrogen-bond acceptors (Lipinski definition) is 4. The predicted molar refractivity (Wildman–Crippen MR) is 85.4 cm³/mol. The number of carbonyl (C=O) groups is 1. The van der Waals surface area contributed by atoms with Gasteiger partial charge in [0.05, 0.1) is 18.8 Å². The van der Waals surface area contributed by atoms with Crippen molar-refractivity contribution in [1.29, 1.82) is 0 Å². The molecule has 1 amide bonds. The molecule has 2 rings (SSSR count). The van der Waals surface area contributed by atoms with Crippen molar-refractivity contribution in [1.82, 2.24) is 10.2 Å². The molecule has 122 valence electrons. The molecule has 0 spiro atoms. The lowest BCUT2D eigenvalue weighted by Gasteiger charge is -2.24. The van der Waals surface area contributed by atoms with Gasteiger partial charge in [-0.3, -0.25) is 9.69 Å². The molecule has 1 aliphatic rings. The van der Waals surface area contributed by atoms with Crippen LogP contribution in [-0.4, -0.2) is 52.9 Å². The Morgan fingerprint density at radius 1 is 1.32 bits per heavy atom. The van der Waals surface area contributed by atoms with Gasteiger partial charge < -0.3 is 15.5 Å². The van der Waals surface area contributed by atoms with Crippen LogP contribution in [0.3, 0.4) is 0 Å². The van der Waals surface area contributed by atoms with E-state index in [-0.39, 0.29) is 12.5 Å². The molecular formula is C17H26N2O3. The van der Waals surface area contributed by atoms with Crippen molar-refractivity contribution in [3.05, 3.63) is 35.4 Å². The van der Waals surface area contributed by atoms with Crippen LogP contribution in [0.2, 0.25) is 0 Å². The molecule has 5 nitrogen and oxygen atoms in total. The van der Waals surface area contributed by atoms with Crippen molar-refractivity contribution in [2.75, 3.05) is 26.2 Å². The largest absolute Gasteiger partial charge is 0.393 e. The summed E-state index contributed by atoms with van der Waals surface area (Å²) in [6.07, 6.45) is 1.89. The molecule has 1 fully saturated rings. The number of aliphatic hydroxyl groups is 2. The second kappa shape index (κ2) is 7.72. The summed E-state index contributed by atoms with van der Waals surface area (Å²) in [5.41, 5.74) is 1.32. The van der Waals surface area contributed by atoms with Gasteiger partial charge in [-0.05, 0) is 43.9 Å². The Morgan fingerprint density at radius 3 is 2.82 bits per heavy atom. The zero-order valence-corrected chi connectivity index (χ0v) is 13.2. The van der Waals surface area contributed by atoms with Crippen LogP contribution >= 0.6 is 0 Å². The number of likely N-dealkylation sites (tertiary alicyclic amines) is 1. The van der Waals surface area contributed by atoms with Crippen LogP contribution in [0, 0.1) is 6.92 Å². The van der Waals surface area contributed by atoms with E-state index in [9.17, 15) is 15.0 Å². The van der Waals surface area contributed by atoms with Crippen LogP contribution in [0.4, 0.5) is 0 Å². The van der Waals surface area contributed by atoms with Gasteiger partial charge in [0.25, 0.3) is 0 Å². The van der Waals surface area contributed by atoms with E-state index in [0.717, 1.165) is 18.5 Å². The monoisotopic (exact) mass is 306 g/mol. The SMILES string of the molecule is Cc1ccccc1CNC(=O)CN1CCCC(O)(CO)CC1. The molecule has 5 heteroatoms. The molecule has 0 aromatic heterocycles. The maximum absolute atomic E-state index is 12.1. The first-order valence-corrected chi connectivity index (χ1v) is 7.89. The van der Waals surface area contributed by atoms with Gasteiger partial charge in [-0.1, -0.05) is 24.3 Å². The third-order valence-corrected chi connectivity index (χ3v) is 4.41. The molecule has 1 unspecified atom stereocenters. The van der Waals surface area contributed by atoms with E-state index in [4.69, 9.17) is 0 Å². The molecule has 3 N–H and O–H groups in total. The molecule has 0 saturated carbocycles. The molecule has 1 heterocycles. The van der Waals surface area contributed by atoms with Gasteiger partial charge in [-0.15, -0.1) is 0 Å². The Bertz CT molecular complexity index is 506. The molecule has 1 saturated heterocycles. The second-order valence-corrected chi connectivity index (χ2v) is 6.22. The lowest BCUT2D eigenvalue weighted by Crippen LogP contribution is -2.39. The van der Waals surface area contributed by atoms with Gasteiger partial charge in [0.15, 0.2) is 0 Å². The van der Waals surface area contributed by atoms with Gasteiger partial charge in [0.1, 0.15) is 0 Å². The summed E-state index contributed by atoms with van der Waals surface area (Å²) in [4.78, 5) is 14.1. The highest BCUT2D eigenvalue weighted by atomic mass is 16.3. The Balaban J connectivity index is 1.79. The fraction of sp³-hybridized carbons (Fsp3) is 0.588. The maximum atomic E-state index is 12.1. The Morgan fingerprint density at radius 2 is 2.09 bits per heavy atom. The summed E-state index contributed by atoms with van der Waals surface area (Å²) in [7, 11) is 0. The second-order valence-electron chi connectivity index (χ2n) is 6.22. The van der Waals surface area contributed by atoms with Crippen LogP contribution < -0.4 is 5.32 Å². The summed E-state index contributed by atoms with van der Waals surface area (Å²) < 4.78 is 0. The summed E-state index contributed by atoms with van der Waals surface area (Å²) in [5.74, 6) is -0.00214. The zero-order valence-electron chi connectivity index (χ0n) is 13.2. The van der Waals surface area contributed by atoms with Crippen molar-refractivity contribution < 1.29 is 15.0 Å². The highest BCUT2D eigenvalue weighted by molar-refractivity contribution is 5.78. The number of hydrogen-bond donors (Lipinski definition) is 3. The van der Waals surface area contributed by atoms with Crippen LogP contribution in [-0.2, 0) is 11.3 Å². The number of nitrogens with zero attached hydrogens (tertiary/aromatic N) is 1. The summed E-state index contributed by atoms with van der Waals surface area (Å²) in [6, 6.07) is 8.01. The fourth-order valence-electron chi connectivity index (χ4n) is 2.81. The minimum atomic E-state index is -0.980. The van der Waals surface area contributed by atoms with Gasteiger partial charge in [-0.25, -0.2) is 0 Å². The average Bonchev–Trinajstić information content (AvgIpc) is 2.69. The van der Waals surface area contributed by atoms with E-state index in [2.05, 4.69) is 5.32 Å². The third-order valence-electron chi connectivity index (χ3n) is 4.41. The first-order valence-electron chi connectivity index (χ1n) is 7.89. The van der Waals surface area contributed by atoms with E-state index >= 15 is 0 Å². The van der Waals surface area contributed by atoms with Crippen LogP contribution in [0.25, 0.3) is 0 Å².